The first-order chi connectivity index (χ1) is 8.65. The molecule has 1 aliphatic rings. The van der Waals surface area contributed by atoms with E-state index in [2.05, 4.69) is 18.8 Å². The normalized spacial score (nSPS) is 19.3. The topological polar surface area (TPSA) is 42.4 Å². The van der Waals surface area contributed by atoms with Crippen LogP contribution in [0, 0.1) is 5.92 Å². The molecule has 1 amide bonds. The zero-order valence-corrected chi connectivity index (χ0v) is 11.0. The molecule has 0 aliphatic carbocycles. The van der Waals surface area contributed by atoms with E-state index >= 15 is 0 Å². The second kappa shape index (κ2) is 5.85. The first-order valence-corrected chi connectivity index (χ1v) is 6.50. The van der Waals surface area contributed by atoms with Crippen LogP contribution in [0.4, 0.5) is 0 Å². The zero-order chi connectivity index (χ0) is 13.0. The Morgan fingerprint density at radius 1 is 1.56 bits per heavy atom. The third-order valence-corrected chi connectivity index (χ3v) is 3.01. The third-order valence-electron chi connectivity index (χ3n) is 3.01. The number of rotatable bonds is 4. The Balaban J connectivity index is 1.83. The molecule has 2 rings (SSSR count). The Bertz CT molecular complexity index is 392. The average molecular weight is 248 g/mol. The van der Waals surface area contributed by atoms with Crippen molar-refractivity contribution < 1.29 is 9.53 Å². The molecule has 1 aromatic heterocycles. The van der Waals surface area contributed by atoms with Crippen LogP contribution in [0.1, 0.15) is 26.7 Å². The highest BCUT2D eigenvalue weighted by atomic mass is 16.5. The molecule has 2 heterocycles. The van der Waals surface area contributed by atoms with Gasteiger partial charge in [0.15, 0.2) is 0 Å². The van der Waals surface area contributed by atoms with Crippen LogP contribution in [-0.4, -0.2) is 35.0 Å². The molecule has 4 heteroatoms. The van der Waals surface area contributed by atoms with E-state index in [1.54, 1.807) is 6.20 Å². The predicted octanol–water partition coefficient (Wildman–Crippen LogP) is 2.11. The Kier molecular flexibility index (Phi) is 4.18. The molecule has 1 atom stereocenters. The number of likely N-dealkylation sites (tertiary alicyclic amines) is 1. The number of ether oxygens (including phenoxy) is 1. The average Bonchev–Trinajstić information content (AvgIpc) is 2.78. The van der Waals surface area contributed by atoms with Gasteiger partial charge < -0.3 is 9.64 Å². The van der Waals surface area contributed by atoms with Crippen molar-refractivity contribution in [2.24, 2.45) is 5.92 Å². The fourth-order valence-corrected chi connectivity index (χ4v) is 2.12. The number of hydrogen-bond acceptors (Lipinski definition) is 3. The highest BCUT2D eigenvalue weighted by molar-refractivity contribution is 5.76. The van der Waals surface area contributed by atoms with Gasteiger partial charge in [0.2, 0.25) is 11.8 Å². The molecule has 0 radical (unpaired) electrons. The summed E-state index contributed by atoms with van der Waals surface area (Å²) < 4.78 is 5.76. The van der Waals surface area contributed by atoms with E-state index in [0.29, 0.717) is 24.8 Å². The fraction of sp³-hybridized carbons (Fsp3) is 0.571. The summed E-state index contributed by atoms with van der Waals surface area (Å²) >= 11 is 0. The molecular formula is C14H20N2O2. The number of amides is 1. The van der Waals surface area contributed by atoms with Gasteiger partial charge in [-0.25, -0.2) is 4.98 Å². The van der Waals surface area contributed by atoms with Gasteiger partial charge in [0.25, 0.3) is 0 Å². The Morgan fingerprint density at radius 3 is 3.06 bits per heavy atom. The van der Waals surface area contributed by atoms with E-state index in [1.165, 1.54) is 0 Å². The van der Waals surface area contributed by atoms with Crippen molar-refractivity contribution in [1.82, 2.24) is 9.88 Å². The maximum absolute atomic E-state index is 11.9. The molecule has 1 aliphatic heterocycles. The quantitative estimate of drug-likeness (QED) is 0.819. The summed E-state index contributed by atoms with van der Waals surface area (Å²) in [5.74, 6) is 1.28. The number of hydrogen-bond donors (Lipinski definition) is 0. The molecule has 4 nitrogen and oxygen atoms in total. The van der Waals surface area contributed by atoms with Crippen molar-refractivity contribution >= 4 is 5.91 Å². The number of aromatic nitrogens is 1. The van der Waals surface area contributed by atoms with Gasteiger partial charge >= 0.3 is 0 Å². The van der Waals surface area contributed by atoms with Gasteiger partial charge in [-0.2, -0.15) is 0 Å². The Morgan fingerprint density at radius 2 is 2.39 bits per heavy atom. The van der Waals surface area contributed by atoms with Gasteiger partial charge in [0.05, 0.1) is 6.54 Å². The number of pyridine rings is 1. The molecule has 0 saturated carbocycles. The lowest BCUT2D eigenvalue weighted by molar-refractivity contribution is -0.131. The number of carbonyl (C=O) groups excluding carboxylic acids is 1. The van der Waals surface area contributed by atoms with Gasteiger partial charge in [-0.1, -0.05) is 19.9 Å². The molecular weight excluding hydrogens is 228 g/mol. The second-order valence-electron chi connectivity index (χ2n) is 5.13. The lowest BCUT2D eigenvalue weighted by Gasteiger charge is -2.17. The van der Waals surface area contributed by atoms with Crippen molar-refractivity contribution in [2.45, 2.75) is 32.8 Å². The number of carbonyl (C=O) groups is 1. The van der Waals surface area contributed by atoms with Crippen LogP contribution in [0.15, 0.2) is 24.4 Å². The smallest absolute Gasteiger partial charge is 0.222 e. The summed E-state index contributed by atoms with van der Waals surface area (Å²) in [4.78, 5) is 17.9. The molecule has 1 saturated heterocycles. The van der Waals surface area contributed by atoms with Crippen LogP contribution in [0.5, 0.6) is 5.88 Å². The van der Waals surface area contributed by atoms with E-state index in [0.717, 1.165) is 13.0 Å². The minimum absolute atomic E-state index is 0.0796. The fourth-order valence-electron chi connectivity index (χ4n) is 2.12. The van der Waals surface area contributed by atoms with Gasteiger partial charge in [-0.05, 0) is 12.0 Å². The predicted molar refractivity (Wildman–Crippen MR) is 69.3 cm³/mol. The molecule has 1 fully saturated rings. The van der Waals surface area contributed by atoms with E-state index < -0.39 is 0 Å². The lowest BCUT2D eigenvalue weighted by Crippen LogP contribution is -2.31. The molecule has 1 unspecified atom stereocenters. The van der Waals surface area contributed by atoms with Crippen molar-refractivity contribution in [3.05, 3.63) is 24.4 Å². The monoisotopic (exact) mass is 248 g/mol. The van der Waals surface area contributed by atoms with Gasteiger partial charge in [-0.3, -0.25) is 4.79 Å². The lowest BCUT2D eigenvalue weighted by atomic mass is 10.1. The molecule has 0 spiro atoms. The molecule has 98 valence electrons. The van der Waals surface area contributed by atoms with E-state index in [4.69, 9.17) is 4.74 Å². The standard InChI is InChI=1S/C14H20N2O2/c1-11(2)9-14(17)16-8-6-12(10-16)18-13-5-3-4-7-15-13/h3-5,7,11-12H,6,8-10H2,1-2H3. The minimum atomic E-state index is 0.0796. The first-order valence-electron chi connectivity index (χ1n) is 6.50. The van der Waals surface area contributed by atoms with E-state index in [9.17, 15) is 4.79 Å². The van der Waals surface area contributed by atoms with Crippen LogP contribution in [0.25, 0.3) is 0 Å². The number of nitrogens with zero attached hydrogens (tertiary/aromatic N) is 2. The molecule has 18 heavy (non-hydrogen) atoms. The van der Waals surface area contributed by atoms with Crippen LogP contribution in [0.2, 0.25) is 0 Å². The SMILES string of the molecule is CC(C)CC(=O)N1CCC(Oc2ccccn2)C1. The summed E-state index contributed by atoms with van der Waals surface area (Å²) in [7, 11) is 0. The van der Waals surface area contributed by atoms with E-state index in [1.807, 2.05) is 23.1 Å². The zero-order valence-electron chi connectivity index (χ0n) is 11.0. The van der Waals surface area contributed by atoms with E-state index in [-0.39, 0.29) is 12.0 Å². The highest BCUT2D eigenvalue weighted by Crippen LogP contribution is 2.17. The maximum Gasteiger partial charge on any atom is 0.222 e. The van der Waals surface area contributed by atoms with Crippen molar-refractivity contribution in [1.29, 1.82) is 0 Å². The maximum atomic E-state index is 11.9. The first kappa shape index (κ1) is 12.9. The van der Waals surface area contributed by atoms with Crippen LogP contribution in [-0.2, 0) is 4.79 Å². The minimum Gasteiger partial charge on any atom is -0.472 e. The van der Waals surface area contributed by atoms with Gasteiger partial charge in [0.1, 0.15) is 6.10 Å². The van der Waals surface area contributed by atoms with Crippen LogP contribution < -0.4 is 4.74 Å². The molecule has 0 N–H and O–H groups in total. The summed E-state index contributed by atoms with van der Waals surface area (Å²) in [5.41, 5.74) is 0. The highest BCUT2D eigenvalue weighted by Gasteiger charge is 2.27. The van der Waals surface area contributed by atoms with Crippen molar-refractivity contribution in [3.8, 4) is 5.88 Å². The summed E-state index contributed by atoms with van der Waals surface area (Å²) in [5, 5.41) is 0. The summed E-state index contributed by atoms with van der Waals surface area (Å²) in [6.07, 6.45) is 3.30. The Labute approximate surface area is 108 Å². The summed E-state index contributed by atoms with van der Waals surface area (Å²) in [6.45, 7) is 5.61. The van der Waals surface area contributed by atoms with Crippen molar-refractivity contribution in [3.63, 3.8) is 0 Å². The molecule has 0 aromatic carbocycles. The van der Waals surface area contributed by atoms with Gasteiger partial charge in [0, 0.05) is 31.6 Å². The van der Waals surface area contributed by atoms with Crippen LogP contribution >= 0.6 is 0 Å². The molecule has 0 bridgehead atoms. The summed E-state index contributed by atoms with van der Waals surface area (Å²) in [6, 6.07) is 5.61. The van der Waals surface area contributed by atoms with Gasteiger partial charge in [-0.15, -0.1) is 0 Å². The molecule has 1 aromatic rings. The van der Waals surface area contributed by atoms with Crippen molar-refractivity contribution in [2.75, 3.05) is 13.1 Å². The second-order valence-corrected chi connectivity index (χ2v) is 5.13. The largest absolute Gasteiger partial charge is 0.472 e. The Hall–Kier alpha value is -1.58. The van der Waals surface area contributed by atoms with Crippen LogP contribution in [0.3, 0.4) is 0 Å². The third kappa shape index (κ3) is 3.45.